The fourth-order valence-electron chi connectivity index (χ4n) is 2.79. The number of hydrogen-bond acceptors (Lipinski definition) is 6. The first kappa shape index (κ1) is 22.0. The van der Waals surface area contributed by atoms with Crippen molar-refractivity contribution in [1.82, 2.24) is 14.8 Å². The van der Waals surface area contributed by atoms with Crippen LogP contribution in [0.5, 0.6) is 5.88 Å². The number of hydrogen-bond donors (Lipinski definition) is 1. The predicted molar refractivity (Wildman–Crippen MR) is 117 cm³/mol. The Bertz CT molecular complexity index is 1050. The molecule has 8 nitrogen and oxygen atoms in total. The molecule has 3 rings (SSSR count). The molecule has 0 unspecified atom stereocenters. The Morgan fingerprint density at radius 2 is 1.84 bits per heavy atom. The number of rotatable bonds is 7. The number of para-hydroxylation sites is 1. The summed E-state index contributed by atoms with van der Waals surface area (Å²) in [6.45, 7) is 7.83. The Kier molecular flexibility index (Phi) is 6.69. The highest BCUT2D eigenvalue weighted by Gasteiger charge is 2.22. The zero-order valence-electron chi connectivity index (χ0n) is 18.1. The molecule has 0 saturated carbocycles. The van der Waals surface area contributed by atoms with Gasteiger partial charge in [-0.2, -0.15) is 5.10 Å². The van der Waals surface area contributed by atoms with E-state index >= 15 is 0 Å². The van der Waals surface area contributed by atoms with Crippen molar-refractivity contribution in [2.75, 3.05) is 18.5 Å². The van der Waals surface area contributed by atoms with Crippen LogP contribution in [0.4, 0.5) is 5.82 Å². The van der Waals surface area contributed by atoms with Gasteiger partial charge < -0.3 is 14.8 Å². The van der Waals surface area contributed by atoms with Crippen molar-refractivity contribution in [2.45, 2.75) is 33.1 Å². The molecule has 0 atom stereocenters. The average Bonchev–Trinajstić information content (AvgIpc) is 3.17. The molecular weight excluding hydrogens is 396 g/mol. The molecular formula is C23H26N4O4. The van der Waals surface area contributed by atoms with Gasteiger partial charge in [-0.05, 0) is 31.2 Å². The number of nitrogens with one attached hydrogen (secondary N) is 1. The van der Waals surface area contributed by atoms with E-state index in [0.29, 0.717) is 12.4 Å². The second-order valence-electron chi connectivity index (χ2n) is 7.83. The standard InChI is InChI=1S/C23H26N4O4/c1-5-30-21-17(12-9-13-24-21)22(29)31-15-20(28)25-19-14-18(23(2,3)4)26-27(19)16-10-7-6-8-11-16/h6-14H,5,15H2,1-4H3,(H,25,28). The van der Waals surface area contributed by atoms with Crippen molar-refractivity contribution in [3.8, 4) is 11.6 Å². The first-order valence-electron chi connectivity index (χ1n) is 10.0. The SMILES string of the molecule is CCOc1ncccc1C(=O)OCC(=O)Nc1cc(C(C)(C)C)nn1-c1ccccc1. The van der Waals surface area contributed by atoms with Crippen molar-refractivity contribution in [2.24, 2.45) is 0 Å². The van der Waals surface area contributed by atoms with E-state index in [9.17, 15) is 9.59 Å². The lowest BCUT2D eigenvalue weighted by atomic mass is 9.92. The number of pyridine rings is 1. The molecule has 31 heavy (non-hydrogen) atoms. The minimum absolute atomic E-state index is 0.168. The molecule has 162 valence electrons. The van der Waals surface area contributed by atoms with E-state index in [-0.39, 0.29) is 16.9 Å². The van der Waals surface area contributed by atoms with Crippen molar-refractivity contribution >= 4 is 17.7 Å². The van der Waals surface area contributed by atoms with Gasteiger partial charge in [-0.25, -0.2) is 14.5 Å². The highest BCUT2D eigenvalue weighted by molar-refractivity contribution is 5.96. The number of nitrogens with zero attached hydrogens (tertiary/aromatic N) is 3. The van der Waals surface area contributed by atoms with E-state index in [2.05, 4.69) is 15.4 Å². The van der Waals surface area contributed by atoms with Gasteiger partial charge in [-0.15, -0.1) is 0 Å². The molecule has 3 aromatic rings. The van der Waals surface area contributed by atoms with E-state index in [1.807, 2.05) is 57.2 Å². The summed E-state index contributed by atoms with van der Waals surface area (Å²) in [5.41, 5.74) is 1.59. The van der Waals surface area contributed by atoms with Crippen LogP contribution in [0.1, 0.15) is 43.7 Å². The van der Waals surface area contributed by atoms with Crippen LogP contribution >= 0.6 is 0 Å². The first-order valence-corrected chi connectivity index (χ1v) is 10.0. The highest BCUT2D eigenvalue weighted by Crippen LogP contribution is 2.26. The molecule has 0 radical (unpaired) electrons. The van der Waals surface area contributed by atoms with Gasteiger partial charge in [0, 0.05) is 17.7 Å². The predicted octanol–water partition coefficient (Wildman–Crippen LogP) is 3.76. The number of aromatic nitrogens is 3. The molecule has 0 spiro atoms. The number of esters is 1. The number of carbonyl (C=O) groups excluding carboxylic acids is 2. The van der Waals surface area contributed by atoms with Gasteiger partial charge in [0.15, 0.2) is 6.61 Å². The van der Waals surface area contributed by atoms with Gasteiger partial charge in [-0.3, -0.25) is 4.79 Å². The van der Waals surface area contributed by atoms with E-state index in [0.717, 1.165) is 11.4 Å². The third-order valence-electron chi connectivity index (χ3n) is 4.35. The minimum Gasteiger partial charge on any atom is -0.477 e. The van der Waals surface area contributed by atoms with Crippen molar-refractivity contribution in [1.29, 1.82) is 0 Å². The number of carbonyl (C=O) groups is 2. The molecule has 1 aromatic carbocycles. The van der Waals surface area contributed by atoms with Crippen molar-refractivity contribution in [3.63, 3.8) is 0 Å². The minimum atomic E-state index is -0.682. The van der Waals surface area contributed by atoms with Gasteiger partial charge in [0.25, 0.3) is 5.91 Å². The summed E-state index contributed by atoms with van der Waals surface area (Å²) in [5, 5.41) is 7.43. The molecule has 1 N–H and O–H groups in total. The van der Waals surface area contributed by atoms with Crippen molar-refractivity contribution < 1.29 is 19.1 Å². The van der Waals surface area contributed by atoms with Crippen LogP contribution in [0.2, 0.25) is 0 Å². The number of benzene rings is 1. The maximum atomic E-state index is 12.5. The van der Waals surface area contributed by atoms with Gasteiger partial charge in [0.2, 0.25) is 5.88 Å². The van der Waals surface area contributed by atoms with Crippen LogP contribution in [-0.4, -0.2) is 39.9 Å². The molecule has 8 heteroatoms. The summed E-state index contributed by atoms with van der Waals surface area (Å²) in [6.07, 6.45) is 1.52. The van der Waals surface area contributed by atoms with E-state index in [1.165, 1.54) is 12.3 Å². The summed E-state index contributed by atoms with van der Waals surface area (Å²) in [5.74, 6) is -0.493. The molecule has 0 aliphatic heterocycles. The summed E-state index contributed by atoms with van der Waals surface area (Å²) in [4.78, 5) is 28.9. The van der Waals surface area contributed by atoms with Crippen LogP contribution < -0.4 is 10.1 Å². The van der Waals surface area contributed by atoms with Crippen molar-refractivity contribution in [3.05, 3.63) is 66.0 Å². The molecule has 0 aliphatic carbocycles. The molecule has 1 amide bonds. The van der Waals surface area contributed by atoms with E-state index in [1.54, 1.807) is 17.7 Å². The number of ether oxygens (including phenoxy) is 2. The molecule has 2 aromatic heterocycles. The summed E-state index contributed by atoms with van der Waals surface area (Å²) in [6, 6.07) is 14.4. The second kappa shape index (κ2) is 9.42. The highest BCUT2D eigenvalue weighted by atomic mass is 16.5. The molecule has 0 bridgehead atoms. The Labute approximate surface area is 181 Å². The zero-order valence-corrected chi connectivity index (χ0v) is 18.1. The Morgan fingerprint density at radius 3 is 2.52 bits per heavy atom. The summed E-state index contributed by atoms with van der Waals surface area (Å²) < 4.78 is 12.2. The molecule has 0 aliphatic rings. The summed E-state index contributed by atoms with van der Waals surface area (Å²) >= 11 is 0. The fraction of sp³-hybridized carbons (Fsp3) is 0.304. The van der Waals surface area contributed by atoms with Crippen LogP contribution in [0, 0.1) is 0 Å². The zero-order chi connectivity index (χ0) is 22.4. The lowest BCUT2D eigenvalue weighted by molar-refractivity contribution is -0.119. The Hall–Kier alpha value is -3.68. The van der Waals surface area contributed by atoms with E-state index < -0.39 is 18.5 Å². The third-order valence-corrected chi connectivity index (χ3v) is 4.35. The first-order chi connectivity index (χ1) is 14.8. The van der Waals surface area contributed by atoms with Crippen LogP contribution in [-0.2, 0) is 14.9 Å². The molecule has 0 saturated heterocycles. The quantitative estimate of drug-likeness (QED) is 0.583. The maximum absolute atomic E-state index is 12.5. The van der Waals surface area contributed by atoms with Gasteiger partial charge >= 0.3 is 5.97 Å². The lowest BCUT2D eigenvalue weighted by Crippen LogP contribution is -2.22. The second-order valence-corrected chi connectivity index (χ2v) is 7.83. The maximum Gasteiger partial charge on any atom is 0.344 e. The number of amides is 1. The molecule has 0 fully saturated rings. The average molecular weight is 422 g/mol. The Morgan fingerprint density at radius 1 is 1.10 bits per heavy atom. The molecule has 2 heterocycles. The fourth-order valence-corrected chi connectivity index (χ4v) is 2.79. The van der Waals surface area contributed by atoms with Gasteiger partial charge in [0.05, 0.1) is 18.0 Å². The van der Waals surface area contributed by atoms with Crippen LogP contribution in [0.25, 0.3) is 5.69 Å². The topological polar surface area (TPSA) is 95.3 Å². The number of anilines is 1. The van der Waals surface area contributed by atoms with E-state index in [4.69, 9.17) is 9.47 Å². The lowest BCUT2D eigenvalue weighted by Gasteiger charge is -2.14. The van der Waals surface area contributed by atoms with Gasteiger partial charge in [0.1, 0.15) is 11.4 Å². The third kappa shape index (κ3) is 5.48. The van der Waals surface area contributed by atoms with Crippen LogP contribution in [0.3, 0.4) is 0 Å². The van der Waals surface area contributed by atoms with Crippen LogP contribution in [0.15, 0.2) is 54.7 Å². The normalized spacial score (nSPS) is 11.1. The summed E-state index contributed by atoms with van der Waals surface area (Å²) in [7, 11) is 0. The van der Waals surface area contributed by atoms with Gasteiger partial charge in [-0.1, -0.05) is 39.0 Å². The Balaban J connectivity index is 1.73. The smallest absolute Gasteiger partial charge is 0.344 e. The largest absolute Gasteiger partial charge is 0.477 e. The monoisotopic (exact) mass is 422 g/mol.